The van der Waals surface area contributed by atoms with Crippen molar-refractivity contribution in [2.24, 2.45) is 5.41 Å². The third-order valence-electron chi connectivity index (χ3n) is 3.76. The number of benzene rings is 1. The number of halogens is 1. The highest BCUT2D eigenvalue weighted by atomic mass is 35.5. The molecule has 1 aromatic carbocycles. The third-order valence-corrected chi connectivity index (χ3v) is 3.95. The Labute approximate surface area is 107 Å². The number of fused-ring (bicyclic) bond motifs is 1. The smallest absolute Gasteiger partial charge is 0.111 e. The van der Waals surface area contributed by atoms with E-state index < -0.39 is 0 Å². The molecular weight excluding hydrogens is 232 g/mol. The summed E-state index contributed by atoms with van der Waals surface area (Å²) in [5, 5.41) is 0. The zero-order valence-corrected chi connectivity index (χ0v) is 11.0. The molecule has 90 valence electrons. The van der Waals surface area contributed by atoms with Gasteiger partial charge in [0.05, 0.1) is 11.0 Å². The summed E-state index contributed by atoms with van der Waals surface area (Å²) in [6.45, 7) is 4.63. The van der Waals surface area contributed by atoms with Gasteiger partial charge in [-0.3, -0.25) is 0 Å². The van der Waals surface area contributed by atoms with Crippen LogP contribution in [0.5, 0.6) is 0 Å². The van der Waals surface area contributed by atoms with Crippen LogP contribution in [0.25, 0.3) is 11.0 Å². The lowest BCUT2D eigenvalue weighted by molar-refractivity contribution is 0.537. The van der Waals surface area contributed by atoms with E-state index in [0.29, 0.717) is 17.3 Å². The van der Waals surface area contributed by atoms with Gasteiger partial charge in [0.15, 0.2) is 0 Å². The molecule has 0 radical (unpaired) electrons. The van der Waals surface area contributed by atoms with Gasteiger partial charge in [-0.25, -0.2) is 4.98 Å². The molecule has 1 fully saturated rings. The topological polar surface area (TPSA) is 17.8 Å². The number of aryl methyl sites for hydroxylation is 1. The minimum absolute atomic E-state index is 0.407. The van der Waals surface area contributed by atoms with E-state index in [-0.39, 0.29) is 0 Å². The maximum absolute atomic E-state index is 5.88. The molecule has 1 aromatic heterocycles. The molecule has 0 spiro atoms. The Kier molecular flexibility index (Phi) is 2.44. The van der Waals surface area contributed by atoms with Crippen molar-refractivity contribution in [2.45, 2.75) is 32.7 Å². The molecule has 1 atom stereocenters. The van der Waals surface area contributed by atoms with Crippen LogP contribution in [-0.2, 0) is 6.42 Å². The Balaban J connectivity index is 2.15. The van der Waals surface area contributed by atoms with Gasteiger partial charge in [-0.2, -0.15) is 0 Å². The Hall–Kier alpha value is -1.02. The van der Waals surface area contributed by atoms with E-state index in [1.807, 2.05) is 6.07 Å². The Bertz CT molecular complexity index is 556. The molecule has 0 N–H and O–H groups in total. The monoisotopic (exact) mass is 248 g/mol. The Morgan fingerprint density at radius 2 is 2.12 bits per heavy atom. The highest BCUT2D eigenvalue weighted by Crippen LogP contribution is 2.56. The summed E-state index contributed by atoms with van der Waals surface area (Å²) in [5.74, 6) is 1.77. The van der Waals surface area contributed by atoms with Crippen molar-refractivity contribution >= 4 is 22.6 Å². The van der Waals surface area contributed by atoms with Crippen molar-refractivity contribution in [1.29, 1.82) is 0 Å². The molecule has 1 heterocycles. The van der Waals surface area contributed by atoms with Crippen molar-refractivity contribution in [3.8, 4) is 0 Å². The minimum atomic E-state index is 0.407. The Morgan fingerprint density at radius 1 is 1.41 bits per heavy atom. The summed E-state index contributed by atoms with van der Waals surface area (Å²) >= 11 is 5.88. The average Bonchev–Trinajstić information content (AvgIpc) is 2.77. The van der Waals surface area contributed by atoms with Gasteiger partial charge in [0.2, 0.25) is 0 Å². The summed E-state index contributed by atoms with van der Waals surface area (Å²) in [5.41, 5.74) is 2.75. The van der Waals surface area contributed by atoms with E-state index in [1.165, 1.54) is 11.9 Å². The number of rotatable bonds is 3. The maximum Gasteiger partial charge on any atom is 0.111 e. The molecule has 1 unspecified atom stereocenters. The average molecular weight is 249 g/mol. The van der Waals surface area contributed by atoms with Gasteiger partial charge in [-0.1, -0.05) is 26.0 Å². The van der Waals surface area contributed by atoms with Gasteiger partial charge in [0.1, 0.15) is 5.82 Å². The van der Waals surface area contributed by atoms with Crippen LogP contribution >= 0.6 is 11.6 Å². The number of hydrogen-bond acceptors (Lipinski definition) is 1. The fraction of sp³-hybridized carbons (Fsp3) is 0.500. The van der Waals surface area contributed by atoms with Crippen molar-refractivity contribution in [1.82, 2.24) is 9.55 Å². The minimum Gasteiger partial charge on any atom is -0.324 e. The molecule has 0 bridgehead atoms. The first-order valence-corrected chi connectivity index (χ1v) is 6.69. The molecule has 2 aromatic rings. The van der Waals surface area contributed by atoms with Crippen LogP contribution in [0.1, 0.15) is 32.1 Å². The number of alkyl halides is 1. The van der Waals surface area contributed by atoms with Crippen LogP contribution in [-0.4, -0.2) is 15.4 Å². The van der Waals surface area contributed by atoms with E-state index >= 15 is 0 Å². The van der Waals surface area contributed by atoms with Crippen molar-refractivity contribution in [3.63, 3.8) is 0 Å². The fourth-order valence-corrected chi connectivity index (χ4v) is 2.75. The number of aromatic nitrogens is 2. The standard InChI is InChI=1S/C14H17ClN2/c1-14(2)9-12(14)17-11-6-4-3-5-10(11)16-13(17)7-8-15/h3-6,12H,7-9H2,1-2H3. The molecule has 1 aliphatic carbocycles. The van der Waals surface area contributed by atoms with E-state index in [1.54, 1.807) is 0 Å². The maximum atomic E-state index is 5.88. The van der Waals surface area contributed by atoms with Gasteiger partial charge in [0, 0.05) is 18.3 Å². The van der Waals surface area contributed by atoms with E-state index in [0.717, 1.165) is 17.8 Å². The normalized spacial score (nSPS) is 21.9. The highest BCUT2D eigenvalue weighted by molar-refractivity contribution is 6.17. The van der Waals surface area contributed by atoms with Crippen LogP contribution in [0, 0.1) is 5.41 Å². The summed E-state index contributed by atoms with van der Waals surface area (Å²) in [7, 11) is 0. The summed E-state index contributed by atoms with van der Waals surface area (Å²) in [4.78, 5) is 4.71. The van der Waals surface area contributed by atoms with Crippen LogP contribution < -0.4 is 0 Å². The second kappa shape index (κ2) is 3.74. The first-order chi connectivity index (χ1) is 8.13. The summed E-state index contributed by atoms with van der Waals surface area (Å²) < 4.78 is 2.40. The number of nitrogens with zero attached hydrogens (tertiary/aromatic N) is 2. The largest absolute Gasteiger partial charge is 0.324 e. The first kappa shape index (κ1) is 11.1. The Morgan fingerprint density at radius 3 is 2.76 bits per heavy atom. The fourth-order valence-electron chi connectivity index (χ4n) is 2.58. The predicted molar refractivity (Wildman–Crippen MR) is 71.6 cm³/mol. The van der Waals surface area contributed by atoms with E-state index in [2.05, 4.69) is 36.6 Å². The lowest BCUT2D eigenvalue weighted by Gasteiger charge is -2.10. The van der Waals surface area contributed by atoms with Crippen LogP contribution in [0.2, 0.25) is 0 Å². The zero-order valence-electron chi connectivity index (χ0n) is 10.3. The molecule has 3 heteroatoms. The molecule has 3 rings (SSSR count). The van der Waals surface area contributed by atoms with Gasteiger partial charge < -0.3 is 4.57 Å². The molecule has 0 saturated heterocycles. The number of para-hydroxylation sites is 2. The number of imidazole rings is 1. The molecule has 17 heavy (non-hydrogen) atoms. The van der Waals surface area contributed by atoms with Crippen LogP contribution in [0.3, 0.4) is 0 Å². The molecule has 1 saturated carbocycles. The SMILES string of the molecule is CC1(C)CC1n1c(CCCl)nc2ccccc21. The molecule has 1 aliphatic rings. The van der Waals surface area contributed by atoms with Gasteiger partial charge >= 0.3 is 0 Å². The third kappa shape index (κ3) is 1.75. The quantitative estimate of drug-likeness (QED) is 0.756. The van der Waals surface area contributed by atoms with Gasteiger partial charge in [-0.15, -0.1) is 11.6 Å². The molecule has 0 aliphatic heterocycles. The molecule has 0 amide bonds. The number of hydrogen-bond donors (Lipinski definition) is 0. The summed E-state index contributed by atoms with van der Waals surface area (Å²) in [6, 6.07) is 8.96. The van der Waals surface area contributed by atoms with E-state index in [4.69, 9.17) is 16.6 Å². The molecule has 2 nitrogen and oxygen atoms in total. The van der Waals surface area contributed by atoms with E-state index in [9.17, 15) is 0 Å². The second-order valence-corrected chi connectivity index (χ2v) is 5.91. The predicted octanol–water partition coefficient (Wildman–Crippen LogP) is 3.79. The highest BCUT2D eigenvalue weighted by Gasteiger charge is 2.48. The molecular formula is C14H17ClN2. The van der Waals surface area contributed by atoms with Crippen molar-refractivity contribution in [2.75, 3.05) is 5.88 Å². The van der Waals surface area contributed by atoms with Crippen LogP contribution in [0.15, 0.2) is 24.3 Å². The van der Waals surface area contributed by atoms with Crippen LogP contribution in [0.4, 0.5) is 0 Å². The van der Waals surface area contributed by atoms with Crippen molar-refractivity contribution < 1.29 is 0 Å². The first-order valence-electron chi connectivity index (χ1n) is 6.15. The van der Waals surface area contributed by atoms with Gasteiger partial charge in [0.25, 0.3) is 0 Å². The lowest BCUT2D eigenvalue weighted by atomic mass is 10.2. The zero-order chi connectivity index (χ0) is 12.0. The van der Waals surface area contributed by atoms with Gasteiger partial charge in [-0.05, 0) is 24.0 Å². The lowest BCUT2D eigenvalue weighted by Crippen LogP contribution is -2.06. The summed E-state index contributed by atoms with van der Waals surface area (Å²) in [6.07, 6.45) is 2.09. The van der Waals surface area contributed by atoms with Crippen molar-refractivity contribution in [3.05, 3.63) is 30.1 Å². The second-order valence-electron chi connectivity index (χ2n) is 5.53.